The van der Waals surface area contributed by atoms with E-state index in [0.717, 1.165) is 10.6 Å². The van der Waals surface area contributed by atoms with E-state index in [9.17, 15) is 0 Å². The summed E-state index contributed by atoms with van der Waals surface area (Å²) in [4.78, 5) is 4.26. The molecule has 1 radical (unpaired) electrons. The van der Waals surface area contributed by atoms with Crippen molar-refractivity contribution in [1.29, 1.82) is 0 Å². The van der Waals surface area contributed by atoms with Gasteiger partial charge in [0.05, 0.1) is 11.7 Å². The Hall–Kier alpha value is -1.61. The average molecular weight is 199 g/mol. The van der Waals surface area contributed by atoms with Crippen molar-refractivity contribution in [3.8, 4) is 5.13 Å². The van der Waals surface area contributed by atoms with Crippen molar-refractivity contribution in [3.63, 3.8) is 0 Å². The maximum absolute atomic E-state index is 4.26. The minimum Gasteiger partial charge on any atom is -0.284 e. The van der Waals surface area contributed by atoms with Crippen LogP contribution in [0, 0.1) is 6.20 Å². The van der Waals surface area contributed by atoms with Gasteiger partial charge in [-0.3, -0.25) is 4.57 Å². The van der Waals surface area contributed by atoms with Gasteiger partial charge in [-0.25, -0.2) is 4.98 Å². The molecule has 2 heterocycles. The molecule has 3 aromatic rings. The van der Waals surface area contributed by atoms with Gasteiger partial charge in [0.15, 0.2) is 5.13 Å². The zero-order valence-electron chi connectivity index (χ0n) is 7.34. The summed E-state index contributed by atoms with van der Waals surface area (Å²) in [5.74, 6) is 0. The third kappa shape index (κ3) is 1.06. The maximum atomic E-state index is 4.26. The van der Waals surface area contributed by atoms with Crippen molar-refractivity contribution in [1.82, 2.24) is 9.55 Å². The van der Waals surface area contributed by atoms with E-state index >= 15 is 0 Å². The van der Waals surface area contributed by atoms with Gasteiger partial charge in [0, 0.05) is 17.0 Å². The monoisotopic (exact) mass is 199 g/mol. The van der Waals surface area contributed by atoms with Crippen LogP contribution in [0.1, 0.15) is 0 Å². The molecule has 0 unspecified atom stereocenters. The number of rotatable bonds is 1. The van der Waals surface area contributed by atoms with Crippen molar-refractivity contribution < 1.29 is 0 Å². The smallest absolute Gasteiger partial charge is 0.194 e. The molecule has 0 atom stereocenters. The van der Waals surface area contributed by atoms with Crippen LogP contribution < -0.4 is 0 Å². The largest absolute Gasteiger partial charge is 0.284 e. The van der Waals surface area contributed by atoms with Crippen molar-refractivity contribution in [2.75, 3.05) is 0 Å². The molecule has 0 saturated heterocycles. The topological polar surface area (TPSA) is 17.8 Å². The fraction of sp³-hybridized carbons (Fsp3) is 0. The van der Waals surface area contributed by atoms with E-state index in [1.54, 1.807) is 11.3 Å². The maximum Gasteiger partial charge on any atom is 0.194 e. The molecule has 0 amide bonds. The van der Waals surface area contributed by atoms with Crippen molar-refractivity contribution in [2.24, 2.45) is 0 Å². The van der Waals surface area contributed by atoms with Gasteiger partial charge < -0.3 is 0 Å². The van der Waals surface area contributed by atoms with Gasteiger partial charge in [0.1, 0.15) is 0 Å². The quantitative estimate of drug-likeness (QED) is 0.589. The normalized spacial score (nSPS) is 10.9. The highest BCUT2D eigenvalue weighted by Crippen LogP contribution is 2.20. The molecule has 3 heteroatoms. The van der Waals surface area contributed by atoms with Crippen LogP contribution >= 0.6 is 11.3 Å². The van der Waals surface area contributed by atoms with E-state index in [1.165, 1.54) is 5.39 Å². The Balaban J connectivity index is 2.33. The Morgan fingerprint density at radius 1 is 1.29 bits per heavy atom. The van der Waals surface area contributed by atoms with Gasteiger partial charge in [0.25, 0.3) is 0 Å². The summed E-state index contributed by atoms with van der Waals surface area (Å²) in [6.45, 7) is 0. The predicted octanol–water partition coefficient (Wildman–Crippen LogP) is 2.89. The minimum absolute atomic E-state index is 0.964. The lowest BCUT2D eigenvalue weighted by atomic mass is 10.2. The first-order valence-electron chi connectivity index (χ1n) is 4.33. The summed E-state index contributed by atoms with van der Waals surface area (Å²) in [5, 5.41) is 4.13. The molecule has 14 heavy (non-hydrogen) atoms. The summed E-state index contributed by atoms with van der Waals surface area (Å²) in [5.41, 5.74) is 1.16. The molecule has 2 nitrogen and oxygen atoms in total. The summed E-state index contributed by atoms with van der Waals surface area (Å²) in [6.07, 6.45) is 4.99. The van der Waals surface area contributed by atoms with Gasteiger partial charge in [-0.1, -0.05) is 18.2 Å². The van der Waals surface area contributed by atoms with E-state index in [0.29, 0.717) is 0 Å². The molecule has 0 aliphatic carbocycles. The van der Waals surface area contributed by atoms with Crippen LogP contribution in [0.2, 0.25) is 0 Å². The summed E-state index contributed by atoms with van der Waals surface area (Å²) in [6, 6.07) is 10.2. The third-order valence-electron chi connectivity index (χ3n) is 2.14. The highest BCUT2D eigenvalue weighted by molar-refractivity contribution is 7.12. The Bertz CT molecular complexity index is 551. The molecule has 1 aromatic carbocycles. The molecule has 67 valence electrons. The predicted molar refractivity (Wildman–Crippen MR) is 57.8 cm³/mol. The minimum atomic E-state index is 0.964. The van der Waals surface area contributed by atoms with Crippen LogP contribution in [0.15, 0.2) is 41.9 Å². The average Bonchev–Trinajstić information content (AvgIpc) is 2.85. The summed E-state index contributed by atoms with van der Waals surface area (Å²) >= 11 is 1.62. The molecular formula is C11H7N2S. The van der Waals surface area contributed by atoms with E-state index in [4.69, 9.17) is 0 Å². The van der Waals surface area contributed by atoms with Gasteiger partial charge in [0.2, 0.25) is 0 Å². The number of hydrogen-bond donors (Lipinski definition) is 0. The van der Waals surface area contributed by atoms with Crippen LogP contribution in [0.4, 0.5) is 0 Å². The van der Waals surface area contributed by atoms with Crippen molar-refractivity contribution in [2.45, 2.75) is 0 Å². The number of hydrogen-bond acceptors (Lipinski definition) is 2. The Morgan fingerprint density at radius 3 is 3.07 bits per heavy atom. The number of para-hydroxylation sites is 1. The first kappa shape index (κ1) is 7.76. The second kappa shape index (κ2) is 2.96. The van der Waals surface area contributed by atoms with E-state index in [-0.39, 0.29) is 0 Å². The molecular weight excluding hydrogens is 192 g/mol. The molecule has 0 spiro atoms. The first-order chi connectivity index (χ1) is 6.95. The summed E-state index contributed by atoms with van der Waals surface area (Å²) < 4.78 is 1.99. The molecule has 0 bridgehead atoms. The van der Waals surface area contributed by atoms with E-state index in [1.807, 2.05) is 34.3 Å². The third-order valence-corrected chi connectivity index (χ3v) is 2.89. The second-order valence-corrected chi connectivity index (χ2v) is 3.86. The number of aromatic nitrogens is 2. The Labute approximate surface area is 85.4 Å². The SMILES string of the molecule is [c]1cc2ccccc2n1-c1nccs1. The molecule has 0 saturated carbocycles. The lowest BCUT2D eigenvalue weighted by Gasteiger charge is -1.98. The van der Waals surface area contributed by atoms with E-state index < -0.39 is 0 Å². The Kier molecular flexibility index (Phi) is 1.64. The molecule has 0 aliphatic rings. The van der Waals surface area contributed by atoms with Crippen LogP contribution in [0.5, 0.6) is 0 Å². The summed E-state index contributed by atoms with van der Waals surface area (Å²) in [7, 11) is 0. The zero-order valence-corrected chi connectivity index (χ0v) is 8.16. The van der Waals surface area contributed by atoms with Crippen LogP contribution in [0.25, 0.3) is 16.0 Å². The molecule has 0 N–H and O–H groups in total. The lowest BCUT2D eigenvalue weighted by molar-refractivity contribution is 1.08. The van der Waals surface area contributed by atoms with E-state index in [2.05, 4.69) is 23.3 Å². The standard InChI is InChI=1S/C11H7N2S/c1-2-4-10-9(3-1)5-7-13(10)11-12-6-8-14-11/h1-6,8H. The van der Waals surface area contributed by atoms with Crippen LogP contribution in [-0.2, 0) is 0 Å². The van der Waals surface area contributed by atoms with Gasteiger partial charge in [-0.15, -0.1) is 11.3 Å². The molecule has 3 rings (SSSR count). The number of nitrogens with zero attached hydrogens (tertiary/aromatic N) is 2. The fourth-order valence-electron chi connectivity index (χ4n) is 1.50. The molecule has 0 aliphatic heterocycles. The Morgan fingerprint density at radius 2 is 2.21 bits per heavy atom. The number of thiazole rings is 1. The van der Waals surface area contributed by atoms with Gasteiger partial charge >= 0.3 is 0 Å². The highest BCUT2D eigenvalue weighted by Gasteiger charge is 2.03. The fourth-order valence-corrected chi connectivity index (χ4v) is 2.12. The lowest BCUT2D eigenvalue weighted by Crippen LogP contribution is -1.89. The number of fused-ring (bicyclic) bond motifs is 1. The first-order valence-corrected chi connectivity index (χ1v) is 5.21. The van der Waals surface area contributed by atoms with Gasteiger partial charge in [-0.2, -0.15) is 0 Å². The number of benzene rings is 1. The molecule has 0 fully saturated rings. The van der Waals surface area contributed by atoms with Gasteiger partial charge in [-0.05, 0) is 12.1 Å². The van der Waals surface area contributed by atoms with Crippen molar-refractivity contribution >= 4 is 22.2 Å². The second-order valence-electron chi connectivity index (χ2n) is 2.98. The van der Waals surface area contributed by atoms with Crippen molar-refractivity contribution in [3.05, 3.63) is 48.1 Å². The van der Waals surface area contributed by atoms with Crippen LogP contribution in [0.3, 0.4) is 0 Å². The highest BCUT2D eigenvalue weighted by atomic mass is 32.1. The zero-order chi connectivity index (χ0) is 9.38. The molecule has 2 aromatic heterocycles. The van der Waals surface area contributed by atoms with Crippen LogP contribution in [-0.4, -0.2) is 9.55 Å².